The maximum Gasteiger partial charge on any atom is 0.0468 e. The summed E-state index contributed by atoms with van der Waals surface area (Å²) in [6.07, 6.45) is 10.9. The molecule has 272 valence electrons. The van der Waals surface area contributed by atoms with Crippen LogP contribution in [0.2, 0.25) is 0 Å². The molecule has 4 bridgehead atoms. The topological polar surface area (TPSA) is 3.24 Å². The predicted octanol–water partition coefficient (Wildman–Crippen LogP) is 14.3. The average molecular weight is 714 g/mol. The molecule has 0 radical (unpaired) electrons. The Morgan fingerprint density at radius 2 is 1.13 bits per heavy atom. The number of fused-ring (bicyclic) bond motifs is 16. The van der Waals surface area contributed by atoms with Gasteiger partial charge in [-0.2, -0.15) is 0 Å². The summed E-state index contributed by atoms with van der Waals surface area (Å²) in [5.74, 6) is 4.56. The van der Waals surface area contributed by atoms with E-state index in [1.54, 1.807) is 22.3 Å². The van der Waals surface area contributed by atoms with Gasteiger partial charge in [-0.15, -0.1) is 0 Å². The first-order chi connectivity index (χ1) is 27.0. The number of rotatable bonds is 4. The zero-order valence-electron chi connectivity index (χ0n) is 32.3. The minimum Gasteiger partial charge on any atom is -0.310 e. The van der Waals surface area contributed by atoms with Gasteiger partial charge in [0.05, 0.1) is 0 Å². The van der Waals surface area contributed by atoms with E-state index >= 15 is 0 Å². The molecule has 2 unspecified atom stereocenters. The Bertz CT molecular complexity index is 2490. The summed E-state index contributed by atoms with van der Waals surface area (Å²) in [6, 6.07) is 54.3. The van der Waals surface area contributed by atoms with E-state index in [1.165, 1.54) is 102 Å². The van der Waals surface area contributed by atoms with Gasteiger partial charge in [-0.25, -0.2) is 0 Å². The lowest BCUT2D eigenvalue weighted by Crippen LogP contribution is -2.49. The molecule has 1 heteroatoms. The van der Waals surface area contributed by atoms with Crippen LogP contribution in [0, 0.1) is 35.5 Å². The fraction of sp³-hybridized carbons (Fsp3) is 0.333. The molecule has 0 amide bonds. The molecule has 0 heterocycles. The van der Waals surface area contributed by atoms with E-state index in [0.717, 1.165) is 23.7 Å². The molecule has 12 rings (SSSR count). The molecular formula is C54H51N. The SMILES string of the molecule is C[C@@H]1CC2C[C@@H](C1)C1(c3ccccc3-c3ccc(N(c4cccc(-c5ccccc5)c4)c4ccc5c(c4)-c4ccccc4[C@@]54C[C@H]5CC[C@@H]4C5)cc31)[C@@H](C)C2. The molecule has 6 aromatic rings. The smallest absolute Gasteiger partial charge is 0.0468 e. The van der Waals surface area contributed by atoms with Crippen LogP contribution in [-0.4, -0.2) is 0 Å². The van der Waals surface area contributed by atoms with E-state index in [1.807, 2.05) is 0 Å². The Labute approximate surface area is 327 Å². The van der Waals surface area contributed by atoms with Gasteiger partial charge in [0.15, 0.2) is 0 Å². The molecule has 55 heavy (non-hydrogen) atoms. The molecule has 2 spiro atoms. The van der Waals surface area contributed by atoms with Crippen LogP contribution in [0.1, 0.15) is 87.5 Å². The minimum absolute atomic E-state index is 0.0513. The van der Waals surface area contributed by atoms with Crippen LogP contribution in [0.25, 0.3) is 33.4 Å². The number of hydrogen-bond acceptors (Lipinski definition) is 1. The Hall–Kier alpha value is -4.88. The zero-order chi connectivity index (χ0) is 36.5. The zero-order valence-corrected chi connectivity index (χ0v) is 32.3. The van der Waals surface area contributed by atoms with E-state index in [-0.39, 0.29) is 10.8 Å². The predicted molar refractivity (Wildman–Crippen MR) is 228 cm³/mol. The summed E-state index contributed by atoms with van der Waals surface area (Å²) in [5, 5.41) is 0. The van der Waals surface area contributed by atoms with Crippen LogP contribution in [-0.2, 0) is 10.8 Å². The molecule has 8 atom stereocenters. The van der Waals surface area contributed by atoms with Crippen molar-refractivity contribution in [3.05, 3.63) is 162 Å². The Morgan fingerprint density at radius 1 is 0.455 bits per heavy atom. The van der Waals surface area contributed by atoms with Crippen molar-refractivity contribution < 1.29 is 0 Å². The second-order valence-electron chi connectivity index (χ2n) is 18.7. The van der Waals surface area contributed by atoms with Crippen molar-refractivity contribution in [3.8, 4) is 33.4 Å². The van der Waals surface area contributed by atoms with Crippen LogP contribution in [0.4, 0.5) is 17.1 Å². The summed E-state index contributed by atoms with van der Waals surface area (Å²) >= 11 is 0. The lowest BCUT2D eigenvalue weighted by molar-refractivity contribution is 0.0426. The van der Waals surface area contributed by atoms with Crippen molar-refractivity contribution >= 4 is 17.1 Å². The van der Waals surface area contributed by atoms with Crippen LogP contribution in [0.5, 0.6) is 0 Å². The van der Waals surface area contributed by atoms with Gasteiger partial charge in [0, 0.05) is 27.9 Å². The third-order valence-electron chi connectivity index (χ3n) is 16.0. The van der Waals surface area contributed by atoms with Gasteiger partial charge in [0.25, 0.3) is 0 Å². The summed E-state index contributed by atoms with van der Waals surface area (Å²) in [5.41, 5.74) is 18.7. The fourth-order valence-electron chi connectivity index (χ4n) is 14.3. The average Bonchev–Trinajstić information content (AvgIpc) is 3.97. The molecule has 0 N–H and O–H groups in total. The molecule has 0 aromatic heterocycles. The Balaban J connectivity index is 1.07. The van der Waals surface area contributed by atoms with Gasteiger partial charge in [-0.1, -0.05) is 123 Å². The number of benzene rings is 6. The van der Waals surface area contributed by atoms with E-state index in [9.17, 15) is 0 Å². The van der Waals surface area contributed by atoms with Crippen molar-refractivity contribution in [2.24, 2.45) is 35.5 Å². The van der Waals surface area contributed by atoms with Gasteiger partial charge in [-0.3, -0.25) is 0 Å². The number of hydrogen-bond donors (Lipinski definition) is 0. The van der Waals surface area contributed by atoms with Gasteiger partial charge in [-0.05, 0) is 172 Å². The largest absolute Gasteiger partial charge is 0.310 e. The van der Waals surface area contributed by atoms with Crippen molar-refractivity contribution in [2.75, 3.05) is 4.90 Å². The summed E-state index contributed by atoms with van der Waals surface area (Å²) < 4.78 is 0. The van der Waals surface area contributed by atoms with E-state index in [0.29, 0.717) is 11.8 Å². The Kier molecular flexibility index (Phi) is 6.95. The van der Waals surface area contributed by atoms with Crippen LogP contribution in [0.3, 0.4) is 0 Å². The summed E-state index contributed by atoms with van der Waals surface area (Å²) in [6.45, 7) is 5.12. The van der Waals surface area contributed by atoms with Gasteiger partial charge >= 0.3 is 0 Å². The second-order valence-corrected chi connectivity index (χ2v) is 18.7. The summed E-state index contributed by atoms with van der Waals surface area (Å²) in [4.78, 5) is 2.60. The molecule has 6 aliphatic carbocycles. The van der Waals surface area contributed by atoms with Gasteiger partial charge in [0.1, 0.15) is 0 Å². The lowest BCUT2D eigenvalue weighted by Gasteiger charge is -2.54. The molecule has 6 aliphatic rings. The molecule has 0 saturated heterocycles. The highest BCUT2D eigenvalue weighted by Crippen LogP contribution is 2.67. The lowest BCUT2D eigenvalue weighted by atomic mass is 9.49. The first-order valence-corrected chi connectivity index (χ1v) is 21.5. The monoisotopic (exact) mass is 713 g/mol. The van der Waals surface area contributed by atoms with E-state index in [4.69, 9.17) is 0 Å². The first-order valence-electron chi connectivity index (χ1n) is 21.5. The molecule has 4 fully saturated rings. The van der Waals surface area contributed by atoms with Crippen molar-refractivity contribution in [3.63, 3.8) is 0 Å². The summed E-state index contributed by atoms with van der Waals surface area (Å²) in [7, 11) is 0. The standard InChI is InChI=1S/C54H51N/c1-34-25-37-27-35(2)54(41(26-34)29-37)51-18-9-7-15-45(51)47-23-21-44(32-52(47)54)55(42-14-10-13-39(30-42)38-11-4-3-5-12-38)43-22-24-50-48(31-43)46-16-6-8-17-49(46)53(50)33-36-19-20-40(53)28-36/h3-18,21-24,30-32,34-37,40-41H,19-20,25-29,33H2,1-2H3/t34-,35+,36+,37?,40-,41-,53+,54?/m1/s1. The first kappa shape index (κ1) is 32.4. The minimum atomic E-state index is 0.0513. The maximum absolute atomic E-state index is 2.65. The fourth-order valence-corrected chi connectivity index (χ4v) is 14.3. The normalized spacial score (nSPS) is 30.3. The van der Waals surface area contributed by atoms with Crippen molar-refractivity contribution in [2.45, 2.75) is 76.0 Å². The number of nitrogens with zero attached hydrogens (tertiary/aromatic N) is 1. The molecule has 1 nitrogen and oxygen atoms in total. The molecular weight excluding hydrogens is 663 g/mol. The highest BCUT2D eigenvalue weighted by atomic mass is 15.1. The van der Waals surface area contributed by atoms with Crippen LogP contribution >= 0.6 is 0 Å². The van der Waals surface area contributed by atoms with Crippen LogP contribution < -0.4 is 4.90 Å². The Morgan fingerprint density at radius 3 is 1.95 bits per heavy atom. The third kappa shape index (κ3) is 4.42. The highest BCUT2D eigenvalue weighted by Gasteiger charge is 2.58. The third-order valence-corrected chi connectivity index (χ3v) is 16.0. The molecule has 0 aliphatic heterocycles. The van der Waals surface area contributed by atoms with Gasteiger partial charge in [0.2, 0.25) is 0 Å². The van der Waals surface area contributed by atoms with E-state index < -0.39 is 0 Å². The van der Waals surface area contributed by atoms with Crippen molar-refractivity contribution in [1.82, 2.24) is 0 Å². The van der Waals surface area contributed by atoms with Crippen molar-refractivity contribution in [1.29, 1.82) is 0 Å². The quantitative estimate of drug-likeness (QED) is 0.176. The van der Waals surface area contributed by atoms with Gasteiger partial charge < -0.3 is 4.90 Å². The molecule has 4 saturated carbocycles. The highest BCUT2D eigenvalue weighted by molar-refractivity contribution is 5.90. The maximum atomic E-state index is 2.65. The van der Waals surface area contributed by atoms with Crippen LogP contribution in [0.15, 0.2) is 140 Å². The second kappa shape index (κ2) is 11.8. The number of anilines is 3. The van der Waals surface area contributed by atoms with E-state index in [2.05, 4.69) is 158 Å². The molecule has 6 aromatic carbocycles.